The molecule has 2 aromatic rings. The number of aromatic nitrogens is 1. The number of aliphatic hydroxyl groups is 2. The molecule has 4 aliphatic carbocycles. The summed E-state index contributed by atoms with van der Waals surface area (Å²) in [4.78, 5) is 26.7. The minimum absolute atomic E-state index is 0.0314. The van der Waals surface area contributed by atoms with E-state index in [1.165, 1.54) is 11.3 Å². The Hall–Kier alpha value is -2.80. The smallest absolute Gasteiger partial charge is 0.192 e. The number of Topliss-reactive ketones (excluding diaryl/α,β-unsaturated/α-hetero) is 1. The molecule has 8 rings (SSSR count). The molecular weight excluding hydrogens is 598 g/mol. The first kappa shape index (κ1) is 32.4. The lowest BCUT2D eigenvalue weighted by Gasteiger charge is -2.65. The monoisotopic (exact) mass is 651 g/mol. The van der Waals surface area contributed by atoms with Crippen molar-refractivity contribution in [2.75, 3.05) is 0 Å². The predicted octanol–water partition coefficient (Wildman–Crippen LogP) is 8.13. The maximum absolute atomic E-state index is 14.8. The highest BCUT2D eigenvalue weighted by Gasteiger charge is 2.68. The fourth-order valence-corrected chi connectivity index (χ4v) is 12.7. The van der Waals surface area contributed by atoms with Crippen LogP contribution in [0.25, 0.3) is 16.5 Å². The molecule has 6 nitrogen and oxygen atoms in total. The number of ketones is 2. The molecule has 9 atom stereocenters. The number of fused-ring (bicyclic) bond motifs is 11. The van der Waals surface area contributed by atoms with Crippen LogP contribution < -0.4 is 0 Å². The number of hydrogen-bond acceptors (Lipinski definition) is 5. The third-order valence-corrected chi connectivity index (χ3v) is 14.6. The van der Waals surface area contributed by atoms with E-state index in [-0.39, 0.29) is 39.6 Å². The van der Waals surface area contributed by atoms with Gasteiger partial charge in [0.25, 0.3) is 0 Å². The molecule has 3 heterocycles. The van der Waals surface area contributed by atoms with Crippen molar-refractivity contribution in [2.45, 2.75) is 136 Å². The van der Waals surface area contributed by atoms with Gasteiger partial charge in [-0.1, -0.05) is 39.0 Å². The molecule has 1 aromatic carbocycles. The maximum Gasteiger partial charge on any atom is 0.192 e. The van der Waals surface area contributed by atoms with E-state index in [4.69, 9.17) is 4.74 Å². The normalized spacial score (nSPS) is 40.0. The Labute approximate surface area is 285 Å². The second-order valence-corrected chi connectivity index (χ2v) is 18.2. The van der Waals surface area contributed by atoms with E-state index >= 15 is 0 Å². The molecule has 0 bridgehead atoms. The van der Waals surface area contributed by atoms with Crippen molar-refractivity contribution in [3.05, 3.63) is 64.4 Å². The number of nitrogens with zero attached hydrogens (tertiary/aromatic N) is 1. The first-order valence-corrected chi connectivity index (χ1v) is 18.2. The van der Waals surface area contributed by atoms with Crippen molar-refractivity contribution in [1.29, 1.82) is 0 Å². The lowest BCUT2D eigenvalue weighted by Crippen LogP contribution is -2.62. The standard InChI is InChI=1S/C42H53NO5/c1-21(2)33-36(47)31-30-24(27-20-38(4,5)48-39(6,7)32(27)35(30)46)19-25-26-18-23-13-14-28-40(8,16-11-12-22(3)44)29(45)15-17-41(28,9)42(23,10)37(26)43(33)34(25)31/h11-12,19-20,23,28-29,32-33,35,45-46H,1,13-18H2,2-10H3/b12-11+/t23-,28-,29-,32+,33-,35+,40-,41-,42+/m0/s1. The number of ether oxygens (including phenoxy) is 1. The van der Waals surface area contributed by atoms with E-state index in [9.17, 15) is 19.8 Å². The molecule has 2 N–H and O–H groups in total. The Kier molecular flexibility index (Phi) is 6.55. The Balaban J connectivity index is 1.38. The van der Waals surface area contributed by atoms with E-state index in [0.29, 0.717) is 24.3 Å². The van der Waals surface area contributed by atoms with Crippen LogP contribution in [0.2, 0.25) is 0 Å². The fourth-order valence-electron chi connectivity index (χ4n) is 12.7. The SMILES string of the molecule is C=C(C)[C@H]1C(=O)c2c3c(cc4c5c(n1c24)[C@@]1(C)[C@@H](CC[C@H]2[C@](C)(C/C=C/C(C)=O)[C@@H](O)CC[C@@]21C)C5)C1=CC(C)(C)OC(C)(C)[C@H]1[C@@H]3O. The van der Waals surface area contributed by atoms with Gasteiger partial charge in [0.05, 0.1) is 34.5 Å². The van der Waals surface area contributed by atoms with Gasteiger partial charge in [0, 0.05) is 33.4 Å². The van der Waals surface area contributed by atoms with Crippen LogP contribution in [0.3, 0.4) is 0 Å². The number of aliphatic hydroxyl groups excluding tert-OH is 2. The van der Waals surface area contributed by atoms with Gasteiger partial charge in [0.1, 0.15) is 6.04 Å². The Bertz CT molecular complexity index is 1910. The third-order valence-electron chi connectivity index (χ3n) is 14.6. The summed E-state index contributed by atoms with van der Waals surface area (Å²) in [5, 5.41) is 24.9. The number of rotatable bonds is 4. The molecule has 1 aromatic heterocycles. The van der Waals surface area contributed by atoms with Gasteiger partial charge in [0.2, 0.25) is 0 Å². The first-order chi connectivity index (χ1) is 22.3. The summed E-state index contributed by atoms with van der Waals surface area (Å²) in [5.74, 6) is 0.475. The van der Waals surface area contributed by atoms with E-state index in [0.717, 1.165) is 58.9 Å². The highest BCUT2D eigenvalue weighted by Crippen LogP contribution is 2.72. The highest BCUT2D eigenvalue weighted by molar-refractivity contribution is 6.18. The van der Waals surface area contributed by atoms with Gasteiger partial charge >= 0.3 is 0 Å². The maximum atomic E-state index is 14.8. The molecule has 2 fully saturated rings. The van der Waals surface area contributed by atoms with Crippen molar-refractivity contribution >= 4 is 28.0 Å². The van der Waals surface area contributed by atoms with Crippen molar-refractivity contribution < 1.29 is 24.5 Å². The van der Waals surface area contributed by atoms with E-state index < -0.39 is 29.5 Å². The Morgan fingerprint density at radius 3 is 2.46 bits per heavy atom. The first-order valence-electron chi connectivity index (χ1n) is 18.2. The van der Waals surface area contributed by atoms with E-state index in [2.05, 4.69) is 71.8 Å². The summed E-state index contributed by atoms with van der Waals surface area (Å²) >= 11 is 0. The summed E-state index contributed by atoms with van der Waals surface area (Å²) in [6.07, 6.45) is 9.87. The van der Waals surface area contributed by atoms with Crippen molar-refractivity contribution in [1.82, 2.24) is 4.57 Å². The molecular formula is C42H53NO5. The average Bonchev–Trinajstić information content (AvgIpc) is 3.63. The van der Waals surface area contributed by atoms with Crippen LogP contribution in [-0.4, -0.2) is 43.7 Å². The summed E-state index contributed by atoms with van der Waals surface area (Å²) in [7, 11) is 0. The molecule has 2 saturated carbocycles. The molecule has 0 unspecified atom stereocenters. The number of carbonyl (C=O) groups excluding carboxylic acids is 2. The van der Waals surface area contributed by atoms with E-state index in [1.54, 1.807) is 13.0 Å². The average molecular weight is 652 g/mol. The van der Waals surface area contributed by atoms with Crippen LogP contribution in [0.4, 0.5) is 0 Å². The zero-order valence-electron chi connectivity index (χ0n) is 30.3. The summed E-state index contributed by atoms with van der Waals surface area (Å²) < 4.78 is 8.89. The number of hydrogen-bond donors (Lipinski definition) is 2. The van der Waals surface area contributed by atoms with Crippen LogP contribution >= 0.6 is 0 Å². The molecule has 2 aliphatic heterocycles. The van der Waals surface area contributed by atoms with Crippen LogP contribution in [0.5, 0.6) is 0 Å². The quantitative estimate of drug-likeness (QED) is 0.258. The van der Waals surface area contributed by atoms with Crippen molar-refractivity contribution in [3.8, 4) is 0 Å². The van der Waals surface area contributed by atoms with Gasteiger partial charge in [-0.25, -0.2) is 0 Å². The zero-order chi connectivity index (χ0) is 34.7. The van der Waals surface area contributed by atoms with Gasteiger partial charge in [-0.3, -0.25) is 9.59 Å². The highest BCUT2D eigenvalue weighted by atomic mass is 16.5. The van der Waals surface area contributed by atoms with Gasteiger partial charge in [-0.05, 0) is 132 Å². The molecule has 0 spiro atoms. The molecule has 0 radical (unpaired) electrons. The summed E-state index contributed by atoms with van der Waals surface area (Å²) in [5.41, 5.74) is 6.12. The number of allylic oxidation sites excluding steroid dienone is 3. The minimum atomic E-state index is -0.841. The third kappa shape index (κ3) is 3.75. The molecule has 0 amide bonds. The molecule has 48 heavy (non-hydrogen) atoms. The Morgan fingerprint density at radius 2 is 1.79 bits per heavy atom. The lowest BCUT2D eigenvalue weighted by atomic mass is 9.40. The van der Waals surface area contributed by atoms with Crippen LogP contribution in [-0.2, 0) is 21.4 Å². The van der Waals surface area contributed by atoms with Crippen molar-refractivity contribution in [2.24, 2.45) is 28.6 Å². The van der Waals surface area contributed by atoms with Crippen LogP contribution in [0, 0.1) is 28.6 Å². The van der Waals surface area contributed by atoms with Crippen LogP contribution in [0.1, 0.15) is 139 Å². The predicted molar refractivity (Wildman–Crippen MR) is 189 cm³/mol. The zero-order valence-corrected chi connectivity index (χ0v) is 30.3. The van der Waals surface area contributed by atoms with E-state index in [1.807, 2.05) is 13.0 Å². The van der Waals surface area contributed by atoms with Gasteiger partial charge < -0.3 is 19.5 Å². The van der Waals surface area contributed by atoms with Gasteiger partial charge in [-0.2, -0.15) is 0 Å². The van der Waals surface area contributed by atoms with Crippen LogP contribution in [0.15, 0.2) is 36.4 Å². The molecule has 256 valence electrons. The second kappa shape index (κ2) is 9.70. The fraction of sp³-hybridized carbons (Fsp3) is 0.619. The second-order valence-electron chi connectivity index (χ2n) is 18.2. The van der Waals surface area contributed by atoms with Gasteiger partial charge in [-0.15, -0.1) is 0 Å². The number of carbonyl (C=O) groups is 2. The van der Waals surface area contributed by atoms with Gasteiger partial charge in [0.15, 0.2) is 11.6 Å². The molecule has 6 aliphatic rings. The molecule has 0 saturated heterocycles. The Morgan fingerprint density at radius 1 is 1.08 bits per heavy atom. The molecule has 6 heteroatoms. The number of benzene rings is 1. The minimum Gasteiger partial charge on any atom is -0.393 e. The summed E-state index contributed by atoms with van der Waals surface area (Å²) in [6, 6.07) is 1.80. The summed E-state index contributed by atoms with van der Waals surface area (Å²) in [6.45, 7) is 23.4. The lowest BCUT2D eigenvalue weighted by molar-refractivity contribution is -0.163. The topological polar surface area (TPSA) is 88.8 Å². The largest absolute Gasteiger partial charge is 0.393 e. The van der Waals surface area contributed by atoms with Crippen molar-refractivity contribution in [3.63, 3.8) is 0 Å².